The molecule has 2 rings (SSSR count). The van der Waals surface area contributed by atoms with Gasteiger partial charge in [-0.25, -0.2) is 0 Å². The van der Waals surface area contributed by atoms with Crippen LogP contribution >= 0.6 is 0 Å². The summed E-state index contributed by atoms with van der Waals surface area (Å²) >= 11 is 0. The molecule has 1 aromatic carbocycles. The number of hydrogen-bond acceptors (Lipinski definition) is 2. The van der Waals surface area contributed by atoms with Crippen molar-refractivity contribution in [2.75, 3.05) is 6.54 Å². The summed E-state index contributed by atoms with van der Waals surface area (Å²) in [5.74, 6) is -0.624. The Kier molecular flexibility index (Phi) is 4.59. The first-order chi connectivity index (χ1) is 9.20. The van der Waals surface area contributed by atoms with Gasteiger partial charge in [0.15, 0.2) is 0 Å². The molecule has 0 radical (unpaired) electrons. The molecule has 1 fully saturated rings. The third-order valence-electron chi connectivity index (χ3n) is 4.18. The van der Waals surface area contributed by atoms with Gasteiger partial charge in [0.25, 0.3) is 0 Å². The number of carboxylic acids is 1. The van der Waals surface area contributed by atoms with Crippen molar-refractivity contribution in [3.05, 3.63) is 35.9 Å². The summed E-state index contributed by atoms with van der Waals surface area (Å²) in [5.41, 5.74) is 0.364. The summed E-state index contributed by atoms with van der Waals surface area (Å²) in [6, 6.07) is 10.1. The standard InChI is InChI=1S/C16H23NO2/c1-2-12-17-16(15(18)19)11-7-6-10-14(16)13-8-4-3-5-9-13/h3-5,8-9,14,17H,2,6-7,10-12H2,1H3,(H,18,19). The van der Waals surface area contributed by atoms with Crippen molar-refractivity contribution in [3.8, 4) is 0 Å². The highest BCUT2D eigenvalue weighted by Crippen LogP contribution is 2.41. The Labute approximate surface area is 115 Å². The van der Waals surface area contributed by atoms with E-state index in [1.54, 1.807) is 0 Å². The van der Waals surface area contributed by atoms with Gasteiger partial charge >= 0.3 is 5.97 Å². The van der Waals surface area contributed by atoms with Crippen LogP contribution in [0.25, 0.3) is 0 Å². The van der Waals surface area contributed by atoms with E-state index in [0.29, 0.717) is 0 Å². The van der Waals surface area contributed by atoms with Gasteiger partial charge in [-0.3, -0.25) is 4.79 Å². The zero-order chi connectivity index (χ0) is 13.7. The third kappa shape index (κ3) is 2.81. The molecule has 3 nitrogen and oxygen atoms in total. The zero-order valence-corrected chi connectivity index (χ0v) is 11.6. The number of hydrogen-bond donors (Lipinski definition) is 2. The van der Waals surface area contributed by atoms with Gasteiger partial charge in [-0.15, -0.1) is 0 Å². The first-order valence-corrected chi connectivity index (χ1v) is 7.24. The van der Waals surface area contributed by atoms with Crippen LogP contribution in [0.3, 0.4) is 0 Å². The SMILES string of the molecule is CCCNC1(C(=O)O)CCCCC1c1ccccc1. The summed E-state index contributed by atoms with van der Waals surface area (Å²) in [5, 5.41) is 13.1. The van der Waals surface area contributed by atoms with Crippen molar-refractivity contribution in [1.82, 2.24) is 5.32 Å². The maximum Gasteiger partial charge on any atom is 0.324 e. The molecule has 0 heterocycles. The maximum atomic E-state index is 11.9. The topological polar surface area (TPSA) is 49.3 Å². The number of benzene rings is 1. The third-order valence-corrected chi connectivity index (χ3v) is 4.18. The molecule has 0 spiro atoms. The minimum atomic E-state index is -0.782. The van der Waals surface area contributed by atoms with Gasteiger partial charge in [0, 0.05) is 5.92 Å². The summed E-state index contributed by atoms with van der Waals surface area (Å²) in [6.45, 7) is 2.83. The Bertz CT molecular complexity index is 418. The van der Waals surface area contributed by atoms with Crippen molar-refractivity contribution < 1.29 is 9.90 Å². The highest BCUT2D eigenvalue weighted by atomic mass is 16.4. The molecular formula is C16H23NO2. The molecule has 1 aliphatic rings. The molecule has 1 saturated carbocycles. The molecule has 3 heteroatoms. The van der Waals surface area contributed by atoms with Crippen LogP contribution in [0.15, 0.2) is 30.3 Å². The summed E-state index contributed by atoms with van der Waals surface area (Å²) in [6.07, 6.45) is 4.74. The van der Waals surface area contributed by atoms with Crippen LogP contribution < -0.4 is 5.32 Å². The van der Waals surface area contributed by atoms with Crippen LogP contribution in [0, 0.1) is 0 Å². The molecule has 0 aliphatic heterocycles. The molecule has 2 unspecified atom stereocenters. The van der Waals surface area contributed by atoms with Gasteiger partial charge < -0.3 is 10.4 Å². The predicted octanol–water partition coefficient (Wildman–Crippen LogP) is 3.17. The monoisotopic (exact) mass is 261 g/mol. The lowest BCUT2D eigenvalue weighted by Crippen LogP contribution is -2.57. The molecule has 0 amide bonds. The van der Waals surface area contributed by atoms with Crippen LogP contribution in [0.1, 0.15) is 50.5 Å². The van der Waals surface area contributed by atoms with Crippen LogP contribution in [-0.4, -0.2) is 23.2 Å². The molecule has 2 atom stereocenters. The molecule has 0 aromatic heterocycles. The Morgan fingerprint density at radius 2 is 2.11 bits per heavy atom. The van der Waals surface area contributed by atoms with Crippen LogP contribution in [0.2, 0.25) is 0 Å². The van der Waals surface area contributed by atoms with Crippen molar-refractivity contribution in [2.45, 2.75) is 50.5 Å². The molecule has 104 valence electrons. The molecule has 0 saturated heterocycles. The van der Waals surface area contributed by atoms with E-state index in [4.69, 9.17) is 0 Å². The Balaban J connectivity index is 2.33. The highest BCUT2D eigenvalue weighted by molar-refractivity contribution is 5.80. The maximum absolute atomic E-state index is 11.9. The second kappa shape index (κ2) is 6.20. The van der Waals surface area contributed by atoms with Crippen LogP contribution in [0.5, 0.6) is 0 Å². The van der Waals surface area contributed by atoms with E-state index in [1.165, 1.54) is 0 Å². The van der Waals surface area contributed by atoms with Crippen molar-refractivity contribution in [2.24, 2.45) is 0 Å². The zero-order valence-electron chi connectivity index (χ0n) is 11.6. The number of carbonyl (C=O) groups is 1. The number of nitrogens with one attached hydrogen (secondary N) is 1. The lowest BCUT2D eigenvalue weighted by molar-refractivity contribution is -0.147. The predicted molar refractivity (Wildman–Crippen MR) is 76.3 cm³/mol. The lowest BCUT2D eigenvalue weighted by Gasteiger charge is -2.42. The Hall–Kier alpha value is -1.35. The molecular weight excluding hydrogens is 238 g/mol. The van der Waals surface area contributed by atoms with E-state index in [2.05, 4.69) is 24.4 Å². The first kappa shape index (κ1) is 14.1. The second-order valence-electron chi connectivity index (χ2n) is 5.41. The van der Waals surface area contributed by atoms with Gasteiger partial charge in [-0.2, -0.15) is 0 Å². The fraction of sp³-hybridized carbons (Fsp3) is 0.562. The van der Waals surface area contributed by atoms with Gasteiger partial charge in [0.05, 0.1) is 0 Å². The van der Waals surface area contributed by atoms with Gasteiger partial charge in [0.1, 0.15) is 5.54 Å². The van der Waals surface area contributed by atoms with Crippen LogP contribution in [0.4, 0.5) is 0 Å². The Morgan fingerprint density at radius 1 is 1.37 bits per heavy atom. The second-order valence-corrected chi connectivity index (χ2v) is 5.41. The number of carboxylic acid groups (broad SMARTS) is 1. The van der Waals surface area contributed by atoms with Crippen LogP contribution in [-0.2, 0) is 4.79 Å². The average Bonchev–Trinajstić information content (AvgIpc) is 2.46. The normalized spacial score (nSPS) is 27.1. The molecule has 2 N–H and O–H groups in total. The minimum Gasteiger partial charge on any atom is -0.480 e. The molecule has 0 bridgehead atoms. The first-order valence-electron chi connectivity index (χ1n) is 7.24. The van der Waals surface area contributed by atoms with Crippen molar-refractivity contribution in [1.29, 1.82) is 0 Å². The summed E-state index contributed by atoms with van der Waals surface area (Å²) in [7, 11) is 0. The smallest absolute Gasteiger partial charge is 0.324 e. The molecule has 1 aromatic rings. The number of rotatable bonds is 5. The fourth-order valence-corrected chi connectivity index (χ4v) is 3.20. The summed E-state index contributed by atoms with van der Waals surface area (Å²) < 4.78 is 0. The Morgan fingerprint density at radius 3 is 2.74 bits per heavy atom. The van der Waals surface area contributed by atoms with E-state index < -0.39 is 11.5 Å². The van der Waals surface area contributed by atoms with E-state index in [-0.39, 0.29) is 5.92 Å². The largest absolute Gasteiger partial charge is 0.480 e. The van der Waals surface area contributed by atoms with Gasteiger partial charge in [0.2, 0.25) is 0 Å². The quantitative estimate of drug-likeness (QED) is 0.856. The van der Waals surface area contributed by atoms with E-state index in [9.17, 15) is 9.90 Å². The lowest BCUT2D eigenvalue weighted by atomic mass is 9.69. The van der Waals surface area contributed by atoms with E-state index in [1.807, 2.05) is 18.2 Å². The summed E-state index contributed by atoms with van der Waals surface area (Å²) in [4.78, 5) is 11.9. The van der Waals surface area contributed by atoms with E-state index in [0.717, 1.165) is 44.2 Å². The van der Waals surface area contributed by atoms with Crippen molar-refractivity contribution >= 4 is 5.97 Å². The fourth-order valence-electron chi connectivity index (χ4n) is 3.20. The number of aliphatic carboxylic acids is 1. The molecule has 1 aliphatic carbocycles. The van der Waals surface area contributed by atoms with Gasteiger partial charge in [-0.05, 0) is 31.4 Å². The highest BCUT2D eigenvalue weighted by Gasteiger charge is 2.47. The van der Waals surface area contributed by atoms with Gasteiger partial charge in [-0.1, -0.05) is 50.1 Å². The van der Waals surface area contributed by atoms with E-state index >= 15 is 0 Å². The molecule has 19 heavy (non-hydrogen) atoms. The minimum absolute atomic E-state index is 0.0755. The van der Waals surface area contributed by atoms with Crippen molar-refractivity contribution in [3.63, 3.8) is 0 Å². The average molecular weight is 261 g/mol.